The zero-order valence-electron chi connectivity index (χ0n) is 17.4. The van der Waals surface area contributed by atoms with Crippen molar-refractivity contribution in [1.82, 2.24) is 4.90 Å². The maximum atomic E-state index is 9.18. The number of aliphatic imine (C=N–C) groups is 1. The molecule has 2 aliphatic heterocycles. The third-order valence-corrected chi connectivity index (χ3v) is 7.18. The van der Waals surface area contributed by atoms with Crippen LogP contribution in [0.1, 0.15) is 51.5 Å². The summed E-state index contributed by atoms with van der Waals surface area (Å²) < 4.78 is 5.62. The highest BCUT2D eigenvalue weighted by molar-refractivity contribution is 7.80. The molecule has 3 fully saturated rings. The van der Waals surface area contributed by atoms with Crippen molar-refractivity contribution < 1.29 is 4.74 Å². The van der Waals surface area contributed by atoms with Crippen LogP contribution >= 0.6 is 12.2 Å². The molecule has 29 heavy (non-hydrogen) atoms. The molecular weight excluding hydrogens is 380 g/mol. The number of rotatable bonds is 3. The zero-order valence-corrected chi connectivity index (χ0v) is 18.2. The average Bonchev–Trinajstić information content (AvgIpc) is 2.94. The summed E-state index contributed by atoms with van der Waals surface area (Å²) in [5.41, 5.74) is 1.47. The summed E-state index contributed by atoms with van der Waals surface area (Å²) in [6.45, 7) is 7.81. The van der Waals surface area contributed by atoms with Gasteiger partial charge in [-0.25, -0.2) is 0 Å². The Morgan fingerprint density at radius 3 is 2.38 bits per heavy atom. The number of benzene rings is 1. The molecule has 0 N–H and O–H groups in total. The maximum Gasteiger partial charge on any atom is 0.127 e. The van der Waals surface area contributed by atoms with Gasteiger partial charge in [-0.2, -0.15) is 5.26 Å². The largest absolute Gasteiger partial charge is 0.379 e. The molecule has 2 saturated heterocycles. The number of amidine groups is 1. The van der Waals surface area contributed by atoms with E-state index in [9.17, 15) is 5.26 Å². The summed E-state index contributed by atoms with van der Waals surface area (Å²) >= 11 is 6.03. The standard InChI is InChI=1S/C23H30N4OS/c1-23(2)20(26-12-14-28-15-13-26)21(25-18-6-4-3-5-7-18)27(22(23)29)19-10-8-17(16-24)9-11-19/h8-11,18,20H,3-7,12-15H2,1-2H3/t20-/m1/s1. The van der Waals surface area contributed by atoms with Crippen LogP contribution in [0, 0.1) is 16.7 Å². The minimum Gasteiger partial charge on any atom is -0.379 e. The first-order valence-electron chi connectivity index (χ1n) is 10.8. The predicted octanol–water partition coefficient (Wildman–Crippen LogP) is 4.16. The Morgan fingerprint density at radius 2 is 1.76 bits per heavy atom. The second-order valence-electron chi connectivity index (χ2n) is 8.85. The van der Waals surface area contributed by atoms with Gasteiger partial charge in [-0.05, 0) is 37.1 Å². The Bertz CT molecular complexity index is 814. The first-order chi connectivity index (χ1) is 14.0. The van der Waals surface area contributed by atoms with Crippen LogP contribution in [0.3, 0.4) is 0 Å². The van der Waals surface area contributed by atoms with Crippen molar-refractivity contribution in [3.05, 3.63) is 29.8 Å². The zero-order chi connectivity index (χ0) is 20.4. The van der Waals surface area contributed by atoms with Gasteiger partial charge in [-0.15, -0.1) is 0 Å². The number of morpholine rings is 1. The lowest BCUT2D eigenvalue weighted by atomic mass is 9.85. The monoisotopic (exact) mass is 410 g/mol. The SMILES string of the molecule is CC1(C)C(=S)N(c2ccc(C#N)cc2)C(=NC2CCCCC2)[C@H]1N1CCOCC1. The van der Waals surface area contributed by atoms with E-state index < -0.39 is 0 Å². The lowest BCUT2D eigenvalue weighted by molar-refractivity contribution is 0.0172. The third kappa shape index (κ3) is 3.96. The Morgan fingerprint density at radius 1 is 1.10 bits per heavy atom. The van der Waals surface area contributed by atoms with Crippen LogP contribution in [0.5, 0.6) is 0 Å². The molecule has 154 valence electrons. The lowest BCUT2D eigenvalue weighted by Crippen LogP contribution is -2.52. The summed E-state index contributed by atoms with van der Waals surface area (Å²) in [4.78, 5) is 10.9. The Labute approximate surface area is 179 Å². The van der Waals surface area contributed by atoms with E-state index in [1.807, 2.05) is 24.3 Å². The molecule has 0 spiro atoms. The van der Waals surface area contributed by atoms with Crippen molar-refractivity contribution in [2.75, 3.05) is 31.2 Å². The minimum absolute atomic E-state index is 0.150. The quantitative estimate of drug-likeness (QED) is 0.700. The van der Waals surface area contributed by atoms with Crippen molar-refractivity contribution in [3.8, 4) is 6.07 Å². The van der Waals surface area contributed by atoms with Crippen LogP contribution in [-0.4, -0.2) is 54.1 Å². The molecule has 3 aliphatic rings. The molecule has 0 amide bonds. The fourth-order valence-corrected chi connectivity index (χ4v) is 5.18. The van der Waals surface area contributed by atoms with E-state index in [4.69, 9.17) is 21.9 Å². The molecule has 1 atom stereocenters. The van der Waals surface area contributed by atoms with Crippen LogP contribution in [0.25, 0.3) is 0 Å². The van der Waals surface area contributed by atoms with Crippen molar-refractivity contribution in [2.24, 2.45) is 10.4 Å². The highest BCUT2D eigenvalue weighted by Gasteiger charge is 2.52. The van der Waals surface area contributed by atoms with E-state index in [2.05, 4.69) is 29.7 Å². The van der Waals surface area contributed by atoms with E-state index in [-0.39, 0.29) is 11.5 Å². The number of nitrogens with zero attached hydrogens (tertiary/aromatic N) is 4. The molecule has 2 heterocycles. The molecule has 6 heteroatoms. The van der Waals surface area contributed by atoms with E-state index in [0.717, 1.165) is 55.7 Å². The van der Waals surface area contributed by atoms with E-state index in [1.54, 1.807) is 0 Å². The topological polar surface area (TPSA) is 51.9 Å². The molecule has 1 aliphatic carbocycles. The third-order valence-electron chi connectivity index (χ3n) is 6.47. The van der Waals surface area contributed by atoms with Gasteiger partial charge in [0.2, 0.25) is 0 Å². The van der Waals surface area contributed by atoms with E-state index in [1.165, 1.54) is 19.3 Å². The highest BCUT2D eigenvalue weighted by Crippen LogP contribution is 2.41. The molecule has 4 rings (SSSR count). The van der Waals surface area contributed by atoms with Gasteiger partial charge >= 0.3 is 0 Å². The summed E-state index contributed by atoms with van der Waals surface area (Å²) in [7, 11) is 0. The average molecular weight is 411 g/mol. The van der Waals surface area contributed by atoms with Crippen molar-refractivity contribution in [1.29, 1.82) is 5.26 Å². The fourth-order valence-electron chi connectivity index (χ4n) is 4.87. The van der Waals surface area contributed by atoms with Crippen LogP contribution in [-0.2, 0) is 4.74 Å². The first-order valence-corrected chi connectivity index (χ1v) is 11.2. The normalized spacial score (nSPS) is 27.3. The van der Waals surface area contributed by atoms with Crippen LogP contribution < -0.4 is 4.90 Å². The van der Waals surface area contributed by atoms with Gasteiger partial charge in [0.15, 0.2) is 0 Å². The fraction of sp³-hybridized carbons (Fsp3) is 0.609. The maximum absolute atomic E-state index is 9.18. The van der Waals surface area contributed by atoms with Crippen molar-refractivity contribution >= 4 is 28.7 Å². The molecule has 0 bridgehead atoms. The summed E-state index contributed by atoms with van der Waals surface area (Å²) in [5.74, 6) is 1.08. The van der Waals surface area contributed by atoms with Gasteiger partial charge in [0.05, 0.1) is 41.9 Å². The molecule has 0 radical (unpaired) electrons. The Kier molecular flexibility index (Phi) is 6.00. The smallest absolute Gasteiger partial charge is 0.127 e. The number of nitriles is 1. The molecule has 0 aromatic heterocycles. The predicted molar refractivity (Wildman–Crippen MR) is 121 cm³/mol. The second kappa shape index (κ2) is 8.51. The minimum atomic E-state index is -0.200. The number of hydrogen-bond donors (Lipinski definition) is 0. The number of thiocarbonyl (C=S) groups is 1. The summed E-state index contributed by atoms with van der Waals surface area (Å²) in [5, 5.41) is 9.18. The summed E-state index contributed by atoms with van der Waals surface area (Å²) in [6, 6.07) is 10.5. The Balaban J connectivity index is 1.77. The van der Waals surface area contributed by atoms with Gasteiger partial charge in [-0.3, -0.25) is 14.8 Å². The van der Waals surface area contributed by atoms with Crippen molar-refractivity contribution in [3.63, 3.8) is 0 Å². The summed E-state index contributed by atoms with van der Waals surface area (Å²) in [6.07, 6.45) is 6.15. The van der Waals surface area contributed by atoms with Crippen LogP contribution in [0.4, 0.5) is 5.69 Å². The van der Waals surface area contributed by atoms with Crippen LogP contribution in [0.2, 0.25) is 0 Å². The van der Waals surface area contributed by atoms with E-state index in [0.29, 0.717) is 11.6 Å². The van der Waals surface area contributed by atoms with Gasteiger partial charge in [0.25, 0.3) is 0 Å². The first kappa shape index (κ1) is 20.5. The number of anilines is 1. The van der Waals surface area contributed by atoms with Gasteiger partial charge in [-0.1, -0.05) is 45.3 Å². The second-order valence-corrected chi connectivity index (χ2v) is 9.24. The molecule has 5 nitrogen and oxygen atoms in total. The van der Waals surface area contributed by atoms with Crippen molar-refractivity contribution in [2.45, 2.75) is 58.0 Å². The molecular formula is C23H30N4OS. The number of ether oxygens (including phenoxy) is 1. The molecule has 1 aromatic carbocycles. The van der Waals surface area contributed by atoms with E-state index >= 15 is 0 Å². The van der Waals surface area contributed by atoms with Gasteiger partial charge in [0.1, 0.15) is 5.84 Å². The molecule has 1 saturated carbocycles. The molecule has 1 aromatic rings. The molecule has 0 unspecified atom stereocenters. The number of hydrogen-bond acceptors (Lipinski definition) is 5. The van der Waals surface area contributed by atoms with Gasteiger partial charge < -0.3 is 4.74 Å². The highest BCUT2D eigenvalue weighted by atomic mass is 32.1. The Hall–Kier alpha value is -1.81. The van der Waals surface area contributed by atoms with Gasteiger partial charge in [0, 0.05) is 24.2 Å². The van der Waals surface area contributed by atoms with Crippen LogP contribution in [0.15, 0.2) is 29.3 Å². The lowest BCUT2D eigenvalue weighted by Gasteiger charge is -2.38.